The lowest BCUT2D eigenvalue weighted by molar-refractivity contribution is 0.0832. The van der Waals surface area contributed by atoms with Crippen LogP contribution in [0, 0.1) is 0 Å². The van der Waals surface area contributed by atoms with Crippen molar-refractivity contribution in [2.24, 2.45) is 0 Å². The number of thiophene rings is 1. The second kappa shape index (κ2) is 3.73. The Hall–Kier alpha value is -0.830. The molecule has 1 aromatic heterocycles. The Balaban J connectivity index is 2.95. The van der Waals surface area contributed by atoms with Crippen LogP contribution in [-0.4, -0.2) is 24.9 Å². The monoisotopic (exact) mass is 211 g/mol. The van der Waals surface area contributed by atoms with Gasteiger partial charge in [0, 0.05) is 14.1 Å². The minimum Gasteiger partial charge on any atom is -0.344 e. The first-order chi connectivity index (χ1) is 6.32. The molecule has 78 valence electrons. The highest BCUT2D eigenvalue weighted by atomic mass is 32.1. The Bertz CT molecular complexity index is 333. The molecule has 1 rings (SSSR count). The molecule has 0 aliphatic rings. The summed E-state index contributed by atoms with van der Waals surface area (Å²) >= 11 is 1.52. The minimum atomic E-state index is 0.0884. The van der Waals surface area contributed by atoms with Gasteiger partial charge >= 0.3 is 0 Å². The van der Waals surface area contributed by atoms with E-state index in [0.29, 0.717) is 0 Å². The smallest absolute Gasteiger partial charge is 0.263 e. The van der Waals surface area contributed by atoms with E-state index in [9.17, 15) is 4.79 Å². The van der Waals surface area contributed by atoms with Gasteiger partial charge in [-0.25, -0.2) is 0 Å². The van der Waals surface area contributed by atoms with E-state index in [-0.39, 0.29) is 11.3 Å². The highest BCUT2D eigenvalue weighted by Crippen LogP contribution is 2.27. The quantitative estimate of drug-likeness (QED) is 0.699. The molecule has 0 unspecified atom stereocenters. The number of amides is 1. The molecule has 0 aliphatic carbocycles. The van der Waals surface area contributed by atoms with Crippen LogP contribution in [0.3, 0.4) is 0 Å². The van der Waals surface area contributed by atoms with Crippen LogP contribution in [0.25, 0.3) is 0 Å². The van der Waals surface area contributed by atoms with Gasteiger partial charge in [0.1, 0.15) is 0 Å². The molecular weight excluding hydrogens is 194 g/mol. The zero-order valence-corrected chi connectivity index (χ0v) is 10.2. The highest BCUT2D eigenvalue weighted by Gasteiger charge is 2.18. The van der Waals surface area contributed by atoms with E-state index in [1.807, 2.05) is 6.07 Å². The summed E-state index contributed by atoms with van der Waals surface area (Å²) in [5.41, 5.74) is 1.36. The number of nitrogens with zero attached hydrogens (tertiary/aromatic N) is 1. The number of rotatable bonds is 1. The van der Waals surface area contributed by atoms with Crippen LogP contribution in [0.2, 0.25) is 0 Å². The molecule has 0 radical (unpaired) electrons. The fourth-order valence-electron chi connectivity index (χ4n) is 1.06. The lowest BCUT2D eigenvalue weighted by Crippen LogP contribution is -2.20. The van der Waals surface area contributed by atoms with Gasteiger partial charge in [-0.3, -0.25) is 4.79 Å². The molecule has 0 bridgehead atoms. The van der Waals surface area contributed by atoms with Crippen LogP contribution >= 0.6 is 11.3 Å². The topological polar surface area (TPSA) is 20.3 Å². The van der Waals surface area contributed by atoms with Gasteiger partial charge in [-0.2, -0.15) is 0 Å². The van der Waals surface area contributed by atoms with Gasteiger partial charge in [0.05, 0.1) is 4.88 Å². The van der Waals surface area contributed by atoms with E-state index < -0.39 is 0 Å². The fourth-order valence-corrected chi connectivity index (χ4v) is 2.22. The van der Waals surface area contributed by atoms with Gasteiger partial charge in [-0.1, -0.05) is 20.8 Å². The molecule has 1 amide bonds. The maximum atomic E-state index is 11.6. The molecule has 0 atom stereocenters. The normalized spacial score (nSPS) is 11.5. The maximum Gasteiger partial charge on any atom is 0.263 e. The zero-order valence-electron chi connectivity index (χ0n) is 9.42. The first kappa shape index (κ1) is 11.2. The Kier molecular flexibility index (Phi) is 3.00. The van der Waals surface area contributed by atoms with Crippen LogP contribution in [-0.2, 0) is 5.41 Å². The van der Waals surface area contributed by atoms with Crippen molar-refractivity contribution in [3.8, 4) is 0 Å². The van der Waals surface area contributed by atoms with E-state index in [0.717, 1.165) is 4.88 Å². The van der Waals surface area contributed by atoms with E-state index in [1.165, 1.54) is 16.9 Å². The number of hydrogen-bond acceptors (Lipinski definition) is 2. The fraction of sp³-hybridized carbons (Fsp3) is 0.545. The summed E-state index contributed by atoms with van der Waals surface area (Å²) in [6.45, 7) is 6.46. The molecule has 0 saturated carbocycles. The lowest BCUT2D eigenvalue weighted by atomic mass is 9.89. The van der Waals surface area contributed by atoms with Gasteiger partial charge in [0.2, 0.25) is 0 Å². The average Bonchev–Trinajstić information content (AvgIpc) is 2.49. The van der Waals surface area contributed by atoms with Crippen LogP contribution < -0.4 is 0 Å². The Morgan fingerprint density at radius 2 is 1.93 bits per heavy atom. The van der Waals surface area contributed by atoms with Crippen molar-refractivity contribution >= 4 is 17.2 Å². The van der Waals surface area contributed by atoms with Crippen molar-refractivity contribution in [1.29, 1.82) is 0 Å². The van der Waals surface area contributed by atoms with Crippen molar-refractivity contribution in [2.75, 3.05) is 14.1 Å². The number of carbonyl (C=O) groups excluding carboxylic acids is 1. The molecular formula is C11H17NOS. The molecule has 0 spiro atoms. The maximum absolute atomic E-state index is 11.6. The predicted octanol–water partition coefficient (Wildman–Crippen LogP) is 2.75. The molecule has 14 heavy (non-hydrogen) atoms. The van der Waals surface area contributed by atoms with Crippen LogP contribution in [0.1, 0.15) is 36.0 Å². The summed E-state index contributed by atoms with van der Waals surface area (Å²) in [7, 11) is 3.55. The van der Waals surface area contributed by atoms with Gasteiger partial charge in [0.15, 0.2) is 0 Å². The SMILES string of the molecule is CN(C)C(=O)c1cc(C(C)(C)C)cs1. The Morgan fingerprint density at radius 3 is 2.29 bits per heavy atom. The second-order valence-corrected chi connectivity index (χ2v) is 5.56. The van der Waals surface area contributed by atoms with Crippen molar-refractivity contribution in [2.45, 2.75) is 26.2 Å². The number of carbonyl (C=O) groups is 1. The summed E-state index contributed by atoms with van der Waals surface area (Å²) in [6.07, 6.45) is 0. The first-order valence-corrected chi connectivity index (χ1v) is 5.51. The summed E-state index contributed by atoms with van der Waals surface area (Å²) in [6, 6.07) is 1.99. The van der Waals surface area contributed by atoms with Gasteiger partial charge in [0.25, 0.3) is 5.91 Å². The number of hydrogen-bond donors (Lipinski definition) is 0. The molecule has 1 heterocycles. The first-order valence-electron chi connectivity index (χ1n) is 4.63. The summed E-state index contributed by atoms with van der Waals surface area (Å²) in [5.74, 6) is 0.0884. The lowest BCUT2D eigenvalue weighted by Gasteiger charge is -2.16. The molecule has 3 heteroatoms. The highest BCUT2D eigenvalue weighted by molar-refractivity contribution is 7.12. The average molecular weight is 211 g/mol. The van der Waals surface area contributed by atoms with Crippen molar-refractivity contribution in [1.82, 2.24) is 4.90 Å². The standard InChI is InChI=1S/C11H17NOS/c1-11(2,3)8-6-9(14-7-8)10(13)12(4)5/h6-7H,1-5H3. The molecule has 2 nitrogen and oxygen atoms in total. The molecule has 0 N–H and O–H groups in total. The molecule has 0 aromatic carbocycles. The third-order valence-corrected chi connectivity index (χ3v) is 3.00. The van der Waals surface area contributed by atoms with Gasteiger partial charge < -0.3 is 4.90 Å². The third-order valence-electron chi connectivity index (χ3n) is 2.08. The van der Waals surface area contributed by atoms with Gasteiger partial charge in [-0.05, 0) is 22.4 Å². The predicted molar refractivity (Wildman–Crippen MR) is 61.0 cm³/mol. The van der Waals surface area contributed by atoms with E-state index in [4.69, 9.17) is 0 Å². The van der Waals surface area contributed by atoms with Crippen molar-refractivity contribution in [3.05, 3.63) is 21.9 Å². The summed E-state index contributed by atoms with van der Waals surface area (Å²) in [4.78, 5) is 14.0. The Labute approximate surface area is 89.5 Å². The third kappa shape index (κ3) is 2.35. The summed E-state index contributed by atoms with van der Waals surface area (Å²) < 4.78 is 0. The van der Waals surface area contributed by atoms with E-state index >= 15 is 0 Å². The van der Waals surface area contributed by atoms with Crippen molar-refractivity contribution in [3.63, 3.8) is 0 Å². The Morgan fingerprint density at radius 1 is 1.36 bits per heavy atom. The van der Waals surface area contributed by atoms with Crippen LogP contribution in [0.15, 0.2) is 11.4 Å². The van der Waals surface area contributed by atoms with Crippen LogP contribution in [0.5, 0.6) is 0 Å². The second-order valence-electron chi connectivity index (χ2n) is 4.65. The van der Waals surface area contributed by atoms with E-state index in [2.05, 4.69) is 26.2 Å². The molecule has 0 aliphatic heterocycles. The minimum absolute atomic E-state index is 0.0884. The zero-order chi connectivity index (χ0) is 10.9. The molecule has 0 fully saturated rings. The molecule has 1 aromatic rings. The van der Waals surface area contributed by atoms with Crippen molar-refractivity contribution < 1.29 is 4.79 Å². The van der Waals surface area contributed by atoms with Gasteiger partial charge in [-0.15, -0.1) is 11.3 Å². The summed E-state index contributed by atoms with van der Waals surface area (Å²) in [5, 5.41) is 2.07. The molecule has 0 saturated heterocycles. The largest absolute Gasteiger partial charge is 0.344 e. The van der Waals surface area contributed by atoms with Crippen LogP contribution in [0.4, 0.5) is 0 Å². The van der Waals surface area contributed by atoms with E-state index in [1.54, 1.807) is 19.0 Å².